The Morgan fingerprint density at radius 1 is 0.944 bits per heavy atom. The number of hydrogen-bond donors (Lipinski definition) is 0. The molecule has 0 radical (unpaired) electrons. The molecule has 1 aliphatic heterocycles. The molecule has 0 N–H and O–H groups in total. The van der Waals surface area contributed by atoms with Crippen molar-refractivity contribution in [2.75, 3.05) is 19.6 Å². The monoisotopic (exact) mass is 254 g/mol. The molecule has 104 valence electrons. The summed E-state index contributed by atoms with van der Waals surface area (Å²) in [5.74, 6) is -0.0505. The van der Waals surface area contributed by atoms with E-state index in [1.807, 2.05) is 6.92 Å². The lowest BCUT2D eigenvalue weighted by Gasteiger charge is -2.15. The van der Waals surface area contributed by atoms with Crippen molar-refractivity contribution >= 4 is 11.9 Å². The molecule has 0 aromatic rings. The first-order valence-corrected chi connectivity index (χ1v) is 7.30. The number of carbonyl (C=O) groups excluding carboxylic acids is 2. The van der Waals surface area contributed by atoms with Gasteiger partial charge in [-0.25, -0.2) is 4.79 Å². The van der Waals surface area contributed by atoms with Crippen molar-refractivity contribution in [2.45, 2.75) is 58.8 Å². The predicted octanol–water partition coefficient (Wildman–Crippen LogP) is 3.02. The maximum absolute atomic E-state index is 11.8. The minimum atomic E-state index is -0.103. The van der Waals surface area contributed by atoms with Crippen molar-refractivity contribution in [2.24, 2.45) is 0 Å². The van der Waals surface area contributed by atoms with Gasteiger partial charge < -0.3 is 4.90 Å². The summed E-state index contributed by atoms with van der Waals surface area (Å²) in [7, 11) is 0. The van der Waals surface area contributed by atoms with Gasteiger partial charge in [-0.15, -0.1) is 0 Å². The summed E-state index contributed by atoms with van der Waals surface area (Å²) in [6, 6.07) is -0.103. The van der Waals surface area contributed by atoms with Crippen molar-refractivity contribution in [3.05, 3.63) is 0 Å². The molecule has 1 heterocycles. The van der Waals surface area contributed by atoms with E-state index in [1.165, 1.54) is 37.0 Å². The van der Waals surface area contributed by atoms with Gasteiger partial charge >= 0.3 is 6.03 Å². The summed E-state index contributed by atoms with van der Waals surface area (Å²) in [4.78, 5) is 26.3. The topological polar surface area (TPSA) is 40.6 Å². The Bertz CT molecular complexity index is 279. The largest absolute Gasteiger partial charge is 0.327 e. The third kappa shape index (κ3) is 4.31. The van der Waals surface area contributed by atoms with Crippen molar-refractivity contribution < 1.29 is 9.59 Å². The molecule has 1 fully saturated rings. The highest BCUT2D eigenvalue weighted by Crippen LogP contribution is 2.12. The molecule has 0 atom stereocenters. The van der Waals surface area contributed by atoms with E-state index in [0.717, 1.165) is 19.4 Å². The fraction of sp³-hybridized carbons (Fsp3) is 0.857. The first kappa shape index (κ1) is 15.0. The summed E-state index contributed by atoms with van der Waals surface area (Å²) in [6.45, 7) is 5.56. The number of rotatable bonds is 9. The number of hydrogen-bond acceptors (Lipinski definition) is 2. The highest BCUT2D eigenvalue weighted by Gasteiger charge is 2.33. The molecule has 0 aromatic carbocycles. The Morgan fingerprint density at radius 3 is 2.11 bits per heavy atom. The minimum Gasteiger partial charge on any atom is -0.315 e. The third-order valence-electron chi connectivity index (χ3n) is 3.48. The smallest absolute Gasteiger partial charge is 0.315 e. The Kier molecular flexibility index (Phi) is 6.76. The highest BCUT2D eigenvalue weighted by atomic mass is 16.2. The van der Waals surface area contributed by atoms with Gasteiger partial charge in [-0.3, -0.25) is 9.69 Å². The molecule has 0 aliphatic carbocycles. The Balaban J connectivity index is 2.10. The maximum atomic E-state index is 11.8. The first-order valence-electron chi connectivity index (χ1n) is 7.30. The molecular formula is C14H26N2O2. The van der Waals surface area contributed by atoms with E-state index < -0.39 is 0 Å². The number of amides is 3. The predicted molar refractivity (Wildman–Crippen MR) is 72.3 cm³/mol. The summed E-state index contributed by atoms with van der Waals surface area (Å²) >= 11 is 0. The molecule has 1 rings (SSSR count). The zero-order valence-electron chi connectivity index (χ0n) is 11.8. The van der Waals surface area contributed by atoms with Crippen LogP contribution in [0.15, 0.2) is 0 Å². The van der Waals surface area contributed by atoms with Crippen LogP contribution in [-0.2, 0) is 4.79 Å². The van der Waals surface area contributed by atoms with Gasteiger partial charge in [0, 0.05) is 13.1 Å². The lowest BCUT2D eigenvalue weighted by Crippen LogP contribution is -2.33. The van der Waals surface area contributed by atoms with Crippen LogP contribution in [0.3, 0.4) is 0 Å². The lowest BCUT2D eigenvalue weighted by molar-refractivity contribution is -0.125. The summed E-state index contributed by atoms with van der Waals surface area (Å²) in [5, 5.41) is 0. The maximum Gasteiger partial charge on any atom is 0.327 e. The van der Waals surface area contributed by atoms with Gasteiger partial charge in [-0.2, -0.15) is 0 Å². The zero-order chi connectivity index (χ0) is 13.4. The summed E-state index contributed by atoms with van der Waals surface area (Å²) in [5.41, 5.74) is 0. The molecule has 0 aromatic heterocycles. The Morgan fingerprint density at radius 2 is 1.56 bits per heavy atom. The second-order valence-electron chi connectivity index (χ2n) is 4.96. The first-order chi connectivity index (χ1) is 8.70. The van der Waals surface area contributed by atoms with E-state index in [1.54, 1.807) is 4.90 Å². The van der Waals surface area contributed by atoms with E-state index in [-0.39, 0.29) is 18.5 Å². The molecule has 0 saturated carbocycles. The van der Waals surface area contributed by atoms with Crippen molar-refractivity contribution in [3.8, 4) is 0 Å². The molecule has 4 heteroatoms. The van der Waals surface area contributed by atoms with E-state index in [0.29, 0.717) is 6.54 Å². The number of imide groups is 1. The van der Waals surface area contributed by atoms with Crippen LogP contribution in [0, 0.1) is 0 Å². The molecule has 0 spiro atoms. The van der Waals surface area contributed by atoms with Crippen molar-refractivity contribution in [3.63, 3.8) is 0 Å². The zero-order valence-corrected chi connectivity index (χ0v) is 11.8. The highest BCUT2D eigenvalue weighted by molar-refractivity contribution is 6.01. The second-order valence-corrected chi connectivity index (χ2v) is 4.96. The molecule has 4 nitrogen and oxygen atoms in total. The molecule has 3 amide bonds. The van der Waals surface area contributed by atoms with E-state index in [2.05, 4.69) is 6.92 Å². The summed E-state index contributed by atoms with van der Waals surface area (Å²) < 4.78 is 0. The number of nitrogens with zero attached hydrogens (tertiary/aromatic N) is 2. The Hall–Kier alpha value is -1.06. The van der Waals surface area contributed by atoms with Crippen LogP contribution in [0.4, 0.5) is 4.79 Å². The van der Waals surface area contributed by atoms with Gasteiger partial charge in [0.15, 0.2) is 0 Å². The van der Waals surface area contributed by atoms with Gasteiger partial charge in [0.25, 0.3) is 0 Å². The third-order valence-corrected chi connectivity index (χ3v) is 3.48. The lowest BCUT2D eigenvalue weighted by atomic mass is 10.1. The van der Waals surface area contributed by atoms with Gasteiger partial charge in [0.2, 0.25) is 5.91 Å². The average Bonchev–Trinajstić information content (AvgIpc) is 2.63. The number of unbranched alkanes of at least 4 members (excludes halogenated alkanes) is 6. The number of carbonyl (C=O) groups is 2. The summed E-state index contributed by atoms with van der Waals surface area (Å²) in [6.07, 6.45) is 8.63. The number of urea groups is 1. The van der Waals surface area contributed by atoms with Crippen LogP contribution in [0.2, 0.25) is 0 Å². The standard InChI is InChI=1S/C14H26N2O2/c1-3-5-6-7-8-9-10-11-15-12-13(17)16(4-2)14(15)18/h3-12H2,1-2H3. The molecule has 1 saturated heterocycles. The van der Waals surface area contributed by atoms with Gasteiger partial charge in [-0.1, -0.05) is 45.4 Å². The quantitative estimate of drug-likeness (QED) is 0.469. The van der Waals surface area contributed by atoms with Crippen LogP contribution < -0.4 is 0 Å². The number of likely N-dealkylation sites (N-methyl/N-ethyl adjacent to an activating group) is 1. The van der Waals surface area contributed by atoms with Crippen LogP contribution in [0.5, 0.6) is 0 Å². The van der Waals surface area contributed by atoms with Crippen LogP contribution in [0.25, 0.3) is 0 Å². The van der Waals surface area contributed by atoms with E-state index in [4.69, 9.17) is 0 Å². The molecule has 1 aliphatic rings. The normalized spacial score (nSPS) is 15.9. The van der Waals surface area contributed by atoms with Crippen molar-refractivity contribution in [1.82, 2.24) is 9.80 Å². The van der Waals surface area contributed by atoms with Crippen molar-refractivity contribution in [1.29, 1.82) is 0 Å². The molecular weight excluding hydrogens is 228 g/mol. The van der Waals surface area contributed by atoms with Crippen LogP contribution in [-0.4, -0.2) is 41.4 Å². The SMILES string of the molecule is CCCCCCCCCN1CC(=O)N(CC)C1=O. The minimum absolute atomic E-state index is 0.0505. The van der Waals surface area contributed by atoms with E-state index in [9.17, 15) is 9.59 Å². The molecule has 0 bridgehead atoms. The van der Waals surface area contributed by atoms with Gasteiger partial charge in [-0.05, 0) is 13.3 Å². The van der Waals surface area contributed by atoms with Crippen LogP contribution >= 0.6 is 0 Å². The average molecular weight is 254 g/mol. The molecule has 18 heavy (non-hydrogen) atoms. The van der Waals surface area contributed by atoms with Gasteiger partial charge in [0.1, 0.15) is 6.54 Å². The second kappa shape index (κ2) is 8.11. The van der Waals surface area contributed by atoms with E-state index >= 15 is 0 Å². The Labute approximate surface area is 110 Å². The van der Waals surface area contributed by atoms with Crippen LogP contribution in [0.1, 0.15) is 58.8 Å². The fourth-order valence-electron chi connectivity index (χ4n) is 2.34. The van der Waals surface area contributed by atoms with Gasteiger partial charge in [0.05, 0.1) is 0 Å². The molecule has 0 unspecified atom stereocenters. The fourth-order valence-corrected chi connectivity index (χ4v) is 2.34.